The van der Waals surface area contributed by atoms with Gasteiger partial charge in [0.2, 0.25) is 0 Å². The largest absolute Gasteiger partial charge is 0.387 e. The molecule has 0 saturated heterocycles. The van der Waals surface area contributed by atoms with Gasteiger partial charge in [-0.1, -0.05) is 24.6 Å². The van der Waals surface area contributed by atoms with Crippen LogP contribution in [0.1, 0.15) is 48.1 Å². The topological polar surface area (TPSA) is 23.5 Å². The summed E-state index contributed by atoms with van der Waals surface area (Å²) in [6.45, 7) is 10.3. The van der Waals surface area contributed by atoms with Crippen LogP contribution in [0.25, 0.3) is 0 Å². The first kappa shape index (κ1) is 13.6. The standard InChI is InChI=1S/C16H25NO/c1-5-17(14-6-7-14)10-15(18)16-12(3)8-11(2)9-13(16)4/h8-9,14-15,18H,5-7,10H2,1-4H3. The summed E-state index contributed by atoms with van der Waals surface area (Å²) in [6, 6.07) is 5.05. The summed E-state index contributed by atoms with van der Waals surface area (Å²) in [7, 11) is 0. The summed E-state index contributed by atoms with van der Waals surface area (Å²) in [6.07, 6.45) is 2.24. The predicted octanol–water partition coefficient (Wildman–Crippen LogP) is 3.13. The van der Waals surface area contributed by atoms with Crippen LogP contribution < -0.4 is 0 Å². The second-order valence-electron chi connectivity index (χ2n) is 5.65. The highest BCUT2D eigenvalue weighted by molar-refractivity contribution is 5.39. The van der Waals surface area contributed by atoms with Crippen molar-refractivity contribution in [3.63, 3.8) is 0 Å². The van der Waals surface area contributed by atoms with Crippen LogP contribution in [-0.2, 0) is 0 Å². The Labute approximate surface area is 111 Å². The third-order valence-electron chi connectivity index (χ3n) is 3.95. The normalized spacial score (nSPS) is 17.2. The molecule has 0 spiro atoms. The van der Waals surface area contributed by atoms with Gasteiger partial charge in [0.25, 0.3) is 0 Å². The fraction of sp³-hybridized carbons (Fsp3) is 0.625. The molecule has 0 heterocycles. The minimum Gasteiger partial charge on any atom is -0.387 e. The van der Waals surface area contributed by atoms with E-state index in [1.54, 1.807) is 0 Å². The zero-order valence-corrected chi connectivity index (χ0v) is 12.0. The number of rotatable bonds is 5. The second-order valence-corrected chi connectivity index (χ2v) is 5.65. The Morgan fingerprint density at radius 2 is 1.78 bits per heavy atom. The molecule has 0 amide bonds. The molecular formula is C16H25NO. The van der Waals surface area contributed by atoms with Gasteiger partial charge >= 0.3 is 0 Å². The number of hydrogen-bond donors (Lipinski definition) is 1. The number of benzene rings is 1. The van der Waals surface area contributed by atoms with Gasteiger partial charge < -0.3 is 5.11 Å². The van der Waals surface area contributed by atoms with Crippen molar-refractivity contribution in [1.29, 1.82) is 0 Å². The van der Waals surface area contributed by atoms with Crippen molar-refractivity contribution in [3.8, 4) is 0 Å². The first-order chi connectivity index (χ1) is 8.52. The maximum Gasteiger partial charge on any atom is 0.0922 e. The van der Waals surface area contributed by atoms with E-state index in [1.165, 1.54) is 29.5 Å². The molecule has 2 heteroatoms. The molecule has 2 nitrogen and oxygen atoms in total. The smallest absolute Gasteiger partial charge is 0.0922 e. The molecule has 1 aromatic carbocycles. The van der Waals surface area contributed by atoms with Crippen LogP contribution in [0.2, 0.25) is 0 Å². The summed E-state index contributed by atoms with van der Waals surface area (Å²) in [5, 5.41) is 10.5. The van der Waals surface area contributed by atoms with Crippen LogP contribution in [0.3, 0.4) is 0 Å². The van der Waals surface area contributed by atoms with Gasteiger partial charge in [-0.3, -0.25) is 4.90 Å². The number of aliphatic hydroxyl groups excluding tert-OH is 1. The summed E-state index contributed by atoms with van der Waals surface area (Å²) < 4.78 is 0. The zero-order chi connectivity index (χ0) is 13.3. The van der Waals surface area contributed by atoms with E-state index < -0.39 is 0 Å². The first-order valence-corrected chi connectivity index (χ1v) is 7.02. The third-order valence-corrected chi connectivity index (χ3v) is 3.95. The van der Waals surface area contributed by atoms with Gasteiger partial charge in [-0.25, -0.2) is 0 Å². The van der Waals surface area contributed by atoms with Crippen molar-refractivity contribution < 1.29 is 5.11 Å². The molecule has 1 atom stereocenters. The van der Waals surface area contributed by atoms with Crippen LogP contribution in [0.4, 0.5) is 0 Å². The molecule has 0 aromatic heterocycles. The lowest BCUT2D eigenvalue weighted by atomic mass is 9.95. The molecule has 1 unspecified atom stereocenters. The average Bonchev–Trinajstić information content (AvgIpc) is 3.08. The molecule has 1 N–H and O–H groups in total. The second kappa shape index (κ2) is 5.41. The molecule has 18 heavy (non-hydrogen) atoms. The van der Waals surface area contributed by atoms with E-state index in [4.69, 9.17) is 0 Å². The molecular weight excluding hydrogens is 222 g/mol. The predicted molar refractivity (Wildman–Crippen MR) is 75.9 cm³/mol. The summed E-state index contributed by atoms with van der Waals surface area (Å²) in [5.74, 6) is 0. The Morgan fingerprint density at radius 3 is 2.22 bits per heavy atom. The van der Waals surface area contributed by atoms with Gasteiger partial charge in [-0.15, -0.1) is 0 Å². The third kappa shape index (κ3) is 2.93. The molecule has 1 aliphatic rings. The average molecular weight is 247 g/mol. The van der Waals surface area contributed by atoms with Gasteiger partial charge in [0.05, 0.1) is 6.10 Å². The van der Waals surface area contributed by atoms with Crippen LogP contribution in [0.15, 0.2) is 12.1 Å². The highest BCUT2D eigenvalue weighted by Crippen LogP contribution is 2.30. The highest BCUT2D eigenvalue weighted by atomic mass is 16.3. The molecule has 0 bridgehead atoms. The Bertz CT molecular complexity index is 400. The van der Waals surface area contributed by atoms with Crippen molar-refractivity contribution >= 4 is 0 Å². The Morgan fingerprint density at radius 1 is 1.22 bits per heavy atom. The van der Waals surface area contributed by atoms with Crippen molar-refractivity contribution in [2.45, 2.75) is 52.7 Å². The van der Waals surface area contributed by atoms with Crippen molar-refractivity contribution in [1.82, 2.24) is 4.90 Å². The SMILES string of the molecule is CCN(CC(O)c1c(C)cc(C)cc1C)C1CC1. The maximum atomic E-state index is 10.5. The number of likely N-dealkylation sites (N-methyl/N-ethyl adjacent to an activating group) is 1. The monoisotopic (exact) mass is 247 g/mol. The number of aliphatic hydroxyl groups is 1. The molecule has 1 saturated carbocycles. The van der Waals surface area contributed by atoms with E-state index in [9.17, 15) is 5.11 Å². The molecule has 2 rings (SSSR count). The first-order valence-electron chi connectivity index (χ1n) is 7.02. The number of hydrogen-bond acceptors (Lipinski definition) is 2. The van der Waals surface area contributed by atoms with Gasteiger partial charge in [0, 0.05) is 12.6 Å². The molecule has 1 aliphatic carbocycles. The summed E-state index contributed by atoms with van der Waals surface area (Å²) >= 11 is 0. The molecule has 0 aliphatic heterocycles. The minimum absolute atomic E-state index is 0.355. The Balaban J connectivity index is 2.15. The van der Waals surface area contributed by atoms with E-state index >= 15 is 0 Å². The lowest BCUT2D eigenvalue weighted by molar-refractivity contribution is 0.111. The van der Waals surface area contributed by atoms with Crippen LogP contribution >= 0.6 is 0 Å². The van der Waals surface area contributed by atoms with Crippen LogP contribution in [0, 0.1) is 20.8 Å². The number of aryl methyl sites for hydroxylation is 3. The summed E-state index contributed by atoms with van der Waals surface area (Å²) in [5.41, 5.74) is 4.83. The van der Waals surface area contributed by atoms with Crippen LogP contribution in [-0.4, -0.2) is 29.1 Å². The van der Waals surface area contributed by atoms with E-state index in [2.05, 4.69) is 44.7 Å². The fourth-order valence-corrected chi connectivity index (χ4v) is 3.01. The van der Waals surface area contributed by atoms with Crippen molar-refractivity contribution in [3.05, 3.63) is 34.4 Å². The van der Waals surface area contributed by atoms with E-state index in [-0.39, 0.29) is 6.10 Å². The van der Waals surface area contributed by atoms with Gasteiger partial charge in [-0.05, 0) is 56.8 Å². The van der Waals surface area contributed by atoms with Crippen molar-refractivity contribution in [2.75, 3.05) is 13.1 Å². The maximum absolute atomic E-state index is 10.5. The minimum atomic E-state index is -0.355. The molecule has 1 fully saturated rings. The van der Waals surface area contributed by atoms with Crippen molar-refractivity contribution in [2.24, 2.45) is 0 Å². The van der Waals surface area contributed by atoms with Gasteiger partial charge in [-0.2, -0.15) is 0 Å². The highest BCUT2D eigenvalue weighted by Gasteiger charge is 2.29. The van der Waals surface area contributed by atoms with E-state index in [0.717, 1.165) is 24.7 Å². The molecule has 1 aromatic rings. The lowest BCUT2D eigenvalue weighted by Gasteiger charge is -2.25. The van der Waals surface area contributed by atoms with Gasteiger partial charge in [0.1, 0.15) is 0 Å². The van der Waals surface area contributed by atoms with E-state index in [0.29, 0.717) is 0 Å². The van der Waals surface area contributed by atoms with E-state index in [1.807, 2.05) is 0 Å². The summed E-state index contributed by atoms with van der Waals surface area (Å²) in [4.78, 5) is 2.41. The quantitative estimate of drug-likeness (QED) is 0.864. The molecule has 0 radical (unpaired) electrons. The fourth-order valence-electron chi connectivity index (χ4n) is 3.01. The zero-order valence-electron chi connectivity index (χ0n) is 12.0. The lowest BCUT2D eigenvalue weighted by Crippen LogP contribution is -2.31. The number of nitrogens with zero attached hydrogens (tertiary/aromatic N) is 1. The molecule has 100 valence electrons. The Hall–Kier alpha value is -0.860. The Kier molecular flexibility index (Phi) is 4.08. The van der Waals surface area contributed by atoms with Crippen LogP contribution in [0.5, 0.6) is 0 Å². The van der Waals surface area contributed by atoms with Gasteiger partial charge in [0.15, 0.2) is 0 Å².